The van der Waals surface area contributed by atoms with E-state index in [9.17, 15) is 9.59 Å². The molecule has 0 aliphatic rings. The van der Waals surface area contributed by atoms with Gasteiger partial charge in [0.25, 0.3) is 5.91 Å². The summed E-state index contributed by atoms with van der Waals surface area (Å²) in [5, 5.41) is 14.4. The molecule has 2 aromatic heterocycles. The van der Waals surface area contributed by atoms with Crippen LogP contribution in [-0.2, 0) is 4.74 Å². The summed E-state index contributed by atoms with van der Waals surface area (Å²) in [7, 11) is 0. The van der Waals surface area contributed by atoms with Crippen LogP contribution >= 0.6 is 0 Å². The monoisotopic (exact) mass is 340 g/mol. The predicted molar refractivity (Wildman–Crippen MR) is 90.3 cm³/mol. The molecule has 1 amide bonds. The van der Waals surface area contributed by atoms with Crippen molar-refractivity contribution in [2.75, 3.05) is 17.7 Å². The number of aromatic nitrogens is 4. The summed E-state index contributed by atoms with van der Waals surface area (Å²) >= 11 is 0. The van der Waals surface area contributed by atoms with Crippen molar-refractivity contribution in [2.24, 2.45) is 0 Å². The molecule has 0 aliphatic heterocycles. The van der Waals surface area contributed by atoms with Gasteiger partial charge in [-0.3, -0.25) is 4.79 Å². The Balaban J connectivity index is 1.92. The number of ether oxygens (including phenoxy) is 1. The number of fused-ring (bicyclic) bond motifs is 1. The average Bonchev–Trinajstić information content (AvgIpc) is 3.02. The summed E-state index contributed by atoms with van der Waals surface area (Å²) in [5.74, 6) is -1.13. The van der Waals surface area contributed by atoms with E-state index in [-0.39, 0.29) is 29.3 Å². The number of nitrogens with zero attached hydrogens (tertiary/aromatic N) is 4. The molecule has 3 N–H and O–H groups in total. The van der Waals surface area contributed by atoms with E-state index in [4.69, 9.17) is 10.5 Å². The molecule has 3 aromatic rings. The number of benzene rings is 1. The van der Waals surface area contributed by atoms with Crippen molar-refractivity contribution < 1.29 is 14.3 Å². The first kappa shape index (κ1) is 16.4. The second-order valence-electron chi connectivity index (χ2n) is 5.27. The summed E-state index contributed by atoms with van der Waals surface area (Å²) < 4.78 is 6.10. The largest absolute Gasteiger partial charge is 0.462 e. The molecule has 0 bridgehead atoms. The summed E-state index contributed by atoms with van der Waals surface area (Å²) in [4.78, 5) is 24.2. The van der Waals surface area contributed by atoms with Crippen LogP contribution in [0.3, 0.4) is 0 Å². The van der Waals surface area contributed by atoms with Crippen LogP contribution in [0.4, 0.5) is 11.5 Å². The summed E-state index contributed by atoms with van der Waals surface area (Å²) in [6.07, 6.45) is 1.28. The van der Waals surface area contributed by atoms with Gasteiger partial charge in [-0.25, -0.2) is 4.79 Å². The Labute approximate surface area is 142 Å². The number of carbonyl (C=O) groups is 2. The standard InChI is InChI=1S/C16H16N6O3/c1-3-25-16(24)11-8-18-22-13(17)12(20-21-14(11)22)15(23)19-10-6-4-9(2)5-7-10/h4-8H,3,17H2,1-2H3,(H,19,23). The molecule has 9 nitrogen and oxygen atoms in total. The van der Waals surface area contributed by atoms with Gasteiger partial charge in [-0.15, -0.1) is 10.2 Å². The smallest absolute Gasteiger partial charge is 0.343 e. The van der Waals surface area contributed by atoms with E-state index in [1.54, 1.807) is 19.1 Å². The van der Waals surface area contributed by atoms with Gasteiger partial charge in [0.15, 0.2) is 17.2 Å². The zero-order valence-electron chi connectivity index (χ0n) is 13.7. The minimum Gasteiger partial charge on any atom is -0.462 e. The summed E-state index contributed by atoms with van der Waals surface area (Å²) in [5.41, 5.74) is 7.81. The summed E-state index contributed by atoms with van der Waals surface area (Å²) in [6, 6.07) is 7.27. The third-order valence-corrected chi connectivity index (χ3v) is 3.48. The van der Waals surface area contributed by atoms with E-state index in [0.29, 0.717) is 5.69 Å². The van der Waals surface area contributed by atoms with Crippen molar-refractivity contribution in [1.82, 2.24) is 19.8 Å². The number of hydrogen-bond acceptors (Lipinski definition) is 7. The number of nitrogen functional groups attached to an aromatic ring is 1. The number of hydrogen-bond donors (Lipinski definition) is 2. The SMILES string of the molecule is CCOC(=O)c1cnn2c(N)c(C(=O)Nc3ccc(C)cc3)nnc12. The highest BCUT2D eigenvalue weighted by atomic mass is 16.5. The minimum atomic E-state index is -0.581. The zero-order valence-corrected chi connectivity index (χ0v) is 13.7. The number of carbonyl (C=O) groups excluding carboxylic acids is 2. The number of esters is 1. The molecule has 0 fully saturated rings. The van der Waals surface area contributed by atoms with Gasteiger partial charge in [-0.2, -0.15) is 9.61 Å². The molecule has 0 saturated heterocycles. The Morgan fingerprint density at radius 3 is 2.64 bits per heavy atom. The lowest BCUT2D eigenvalue weighted by molar-refractivity contribution is 0.0528. The zero-order chi connectivity index (χ0) is 18.0. The van der Waals surface area contributed by atoms with Crippen LogP contribution in [-0.4, -0.2) is 38.3 Å². The van der Waals surface area contributed by atoms with Gasteiger partial charge in [-0.05, 0) is 26.0 Å². The van der Waals surface area contributed by atoms with Crippen molar-refractivity contribution in [3.63, 3.8) is 0 Å². The van der Waals surface area contributed by atoms with Crippen LogP contribution in [0.15, 0.2) is 30.5 Å². The van der Waals surface area contributed by atoms with E-state index < -0.39 is 11.9 Å². The Morgan fingerprint density at radius 2 is 1.96 bits per heavy atom. The van der Waals surface area contributed by atoms with Gasteiger partial charge in [0, 0.05) is 5.69 Å². The van der Waals surface area contributed by atoms with Crippen molar-refractivity contribution >= 4 is 29.0 Å². The lowest BCUT2D eigenvalue weighted by Gasteiger charge is -2.07. The fourth-order valence-corrected chi connectivity index (χ4v) is 2.21. The second-order valence-corrected chi connectivity index (χ2v) is 5.27. The second kappa shape index (κ2) is 6.56. The van der Waals surface area contributed by atoms with Crippen molar-refractivity contribution in [3.8, 4) is 0 Å². The first-order valence-electron chi connectivity index (χ1n) is 7.56. The van der Waals surface area contributed by atoms with Gasteiger partial charge in [0.1, 0.15) is 5.56 Å². The van der Waals surface area contributed by atoms with E-state index in [1.165, 1.54) is 10.7 Å². The molecular weight excluding hydrogens is 324 g/mol. The molecule has 0 radical (unpaired) electrons. The maximum Gasteiger partial charge on any atom is 0.343 e. The highest BCUT2D eigenvalue weighted by molar-refractivity contribution is 6.06. The van der Waals surface area contributed by atoms with Crippen LogP contribution in [0.5, 0.6) is 0 Å². The Morgan fingerprint density at radius 1 is 1.24 bits per heavy atom. The number of nitrogens with two attached hydrogens (primary N) is 1. The van der Waals surface area contributed by atoms with Crippen molar-refractivity contribution in [2.45, 2.75) is 13.8 Å². The highest BCUT2D eigenvalue weighted by Crippen LogP contribution is 2.16. The minimum absolute atomic E-state index is 0.0230. The van der Waals surface area contributed by atoms with Crippen LogP contribution in [0.2, 0.25) is 0 Å². The molecule has 3 rings (SSSR count). The molecule has 0 saturated carbocycles. The van der Waals surface area contributed by atoms with Gasteiger partial charge < -0.3 is 15.8 Å². The number of anilines is 2. The predicted octanol–water partition coefficient (Wildman–Crippen LogP) is 1.44. The lowest BCUT2D eigenvalue weighted by Crippen LogP contribution is -2.19. The Bertz CT molecular complexity index is 948. The normalized spacial score (nSPS) is 10.6. The van der Waals surface area contributed by atoms with E-state index in [1.807, 2.05) is 19.1 Å². The van der Waals surface area contributed by atoms with Crippen LogP contribution in [0.25, 0.3) is 5.65 Å². The van der Waals surface area contributed by atoms with Crippen LogP contribution in [0, 0.1) is 6.92 Å². The molecule has 0 unspecified atom stereocenters. The van der Waals surface area contributed by atoms with Gasteiger partial charge in [0.05, 0.1) is 12.8 Å². The maximum atomic E-state index is 12.4. The van der Waals surface area contributed by atoms with Crippen LogP contribution in [0.1, 0.15) is 33.3 Å². The van der Waals surface area contributed by atoms with Crippen LogP contribution < -0.4 is 11.1 Å². The quantitative estimate of drug-likeness (QED) is 0.688. The number of rotatable bonds is 4. The Kier molecular flexibility index (Phi) is 4.29. The van der Waals surface area contributed by atoms with Gasteiger partial charge in [-0.1, -0.05) is 17.7 Å². The third-order valence-electron chi connectivity index (χ3n) is 3.48. The molecule has 0 spiro atoms. The molecule has 25 heavy (non-hydrogen) atoms. The summed E-state index contributed by atoms with van der Waals surface area (Å²) in [6.45, 7) is 3.86. The van der Waals surface area contributed by atoms with Gasteiger partial charge in [0.2, 0.25) is 0 Å². The molecule has 0 aliphatic carbocycles. The molecule has 9 heteroatoms. The molecule has 1 aromatic carbocycles. The molecule has 2 heterocycles. The van der Waals surface area contributed by atoms with Crippen molar-refractivity contribution in [3.05, 3.63) is 47.3 Å². The fourth-order valence-electron chi connectivity index (χ4n) is 2.21. The van der Waals surface area contributed by atoms with E-state index in [2.05, 4.69) is 20.6 Å². The van der Waals surface area contributed by atoms with E-state index >= 15 is 0 Å². The Hall–Kier alpha value is -3.49. The van der Waals surface area contributed by atoms with E-state index in [0.717, 1.165) is 5.56 Å². The maximum absolute atomic E-state index is 12.4. The lowest BCUT2D eigenvalue weighted by atomic mass is 10.2. The number of amides is 1. The van der Waals surface area contributed by atoms with Crippen molar-refractivity contribution in [1.29, 1.82) is 0 Å². The first-order chi connectivity index (χ1) is 12.0. The molecular formula is C16H16N6O3. The van der Waals surface area contributed by atoms with Gasteiger partial charge >= 0.3 is 5.97 Å². The highest BCUT2D eigenvalue weighted by Gasteiger charge is 2.21. The molecule has 0 atom stereocenters. The third kappa shape index (κ3) is 3.11. The number of aryl methyl sites for hydroxylation is 1. The number of nitrogens with one attached hydrogen (secondary N) is 1. The average molecular weight is 340 g/mol. The first-order valence-corrected chi connectivity index (χ1v) is 7.56. The fraction of sp³-hybridized carbons (Fsp3) is 0.188. The molecule has 128 valence electrons. The topological polar surface area (TPSA) is 124 Å².